The molecule has 0 atom stereocenters. The maximum Gasteiger partial charge on any atom is 0.254 e. The Bertz CT molecular complexity index is 193. The zero-order chi connectivity index (χ0) is 6.85. The first-order valence-electron chi connectivity index (χ1n) is 2.71. The smallest absolute Gasteiger partial charge is 0.254 e. The predicted octanol–water partition coefficient (Wildman–Crippen LogP) is -0.368. The maximum atomic E-state index is 10.6. The van der Waals surface area contributed by atoms with Crippen LogP contribution in [0.25, 0.3) is 0 Å². The van der Waals surface area contributed by atoms with Gasteiger partial charge in [0.15, 0.2) is 5.78 Å². The van der Waals surface area contributed by atoms with E-state index < -0.39 is 0 Å². The van der Waals surface area contributed by atoms with Gasteiger partial charge in [0, 0.05) is 6.54 Å². The lowest BCUT2D eigenvalue weighted by Gasteiger charge is -1.90. The minimum atomic E-state index is -0.248. The van der Waals surface area contributed by atoms with Gasteiger partial charge < -0.3 is 5.32 Å². The van der Waals surface area contributed by atoms with E-state index in [0.717, 1.165) is 0 Å². The van der Waals surface area contributed by atoms with Crippen LogP contribution in [0.2, 0.25) is 0 Å². The molecule has 0 saturated heterocycles. The van der Waals surface area contributed by atoms with E-state index in [-0.39, 0.29) is 17.3 Å². The summed E-state index contributed by atoms with van der Waals surface area (Å²) < 4.78 is 0. The van der Waals surface area contributed by atoms with E-state index in [2.05, 4.69) is 5.32 Å². The van der Waals surface area contributed by atoms with Crippen LogP contribution in [-0.2, 0) is 9.59 Å². The van der Waals surface area contributed by atoms with Gasteiger partial charge in [0.05, 0.1) is 5.57 Å². The van der Waals surface area contributed by atoms with Crippen LogP contribution in [0.4, 0.5) is 0 Å². The molecular formula is C6H7NO2. The van der Waals surface area contributed by atoms with Crippen LogP contribution < -0.4 is 5.32 Å². The van der Waals surface area contributed by atoms with E-state index in [9.17, 15) is 9.59 Å². The molecule has 3 heteroatoms. The lowest BCUT2D eigenvalue weighted by Crippen LogP contribution is -2.19. The normalized spacial score (nSPS) is 17.0. The number of ketones is 1. The van der Waals surface area contributed by atoms with Gasteiger partial charge in [-0.3, -0.25) is 9.59 Å². The number of carbonyl (C=O) groups is 2. The van der Waals surface area contributed by atoms with Crippen LogP contribution in [0.15, 0.2) is 11.6 Å². The monoisotopic (exact) mass is 125 g/mol. The summed E-state index contributed by atoms with van der Waals surface area (Å²) in [5.41, 5.74) is 0.287. The van der Waals surface area contributed by atoms with Gasteiger partial charge in [-0.1, -0.05) is 0 Å². The highest BCUT2D eigenvalue weighted by molar-refractivity contribution is 6.19. The molecule has 0 aromatic heterocycles. The second-order valence-corrected chi connectivity index (χ2v) is 1.88. The zero-order valence-corrected chi connectivity index (χ0v) is 5.10. The number of carbonyl (C=O) groups excluding carboxylic acids is 2. The second kappa shape index (κ2) is 2.01. The highest BCUT2D eigenvalue weighted by Crippen LogP contribution is 2.00. The molecule has 0 fully saturated rings. The Morgan fingerprint density at radius 3 is 2.67 bits per heavy atom. The quantitative estimate of drug-likeness (QED) is 0.486. The summed E-state index contributed by atoms with van der Waals surface area (Å²) in [5, 5.41) is 2.50. The maximum absolute atomic E-state index is 10.6. The average Bonchev–Trinajstić information content (AvgIpc) is 2.13. The van der Waals surface area contributed by atoms with E-state index in [4.69, 9.17) is 0 Å². The fraction of sp³-hybridized carbons (Fsp3) is 0.333. The molecule has 9 heavy (non-hydrogen) atoms. The summed E-state index contributed by atoms with van der Waals surface area (Å²) in [7, 11) is 0. The van der Waals surface area contributed by atoms with Crippen molar-refractivity contribution in [2.75, 3.05) is 6.54 Å². The molecule has 0 spiro atoms. The first-order chi connectivity index (χ1) is 4.22. The van der Waals surface area contributed by atoms with E-state index in [0.29, 0.717) is 6.54 Å². The molecular weight excluding hydrogens is 118 g/mol. The summed E-state index contributed by atoms with van der Waals surface area (Å²) >= 11 is 0. The van der Waals surface area contributed by atoms with Gasteiger partial charge >= 0.3 is 0 Å². The minimum absolute atomic E-state index is 0.162. The van der Waals surface area contributed by atoms with Crippen LogP contribution in [-0.4, -0.2) is 18.2 Å². The highest BCUT2D eigenvalue weighted by atomic mass is 16.2. The molecule has 1 amide bonds. The molecule has 1 N–H and O–H groups in total. The van der Waals surface area contributed by atoms with Crippen LogP contribution in [0.1, 0.15) is 6.92 Å². The fourth-order valence-corrected chi connectivity index (χ4v) is 0.737. The predicted molar refractivity (Wildman–Crippen MR) is 31.8 cm³/mol. The van der Waals surface area contributed by atoms with Crippen molar-refractivity contribution in [1.82, 2.24) is 5.32 Å². The number of amides is 1. The number of nitrogens with one attached hydrogen (secondary N) is 1. The molecule has 0 radical (unpaired) electrons. The zero-order valence-electron chi connectivity index (χ0n) is 5.10. The molecule has 0 aromatic rings. The van der Waals surface area contributed by atoms with Gasteiger partial charge in [-0.2, -0.15) is 0 Å². The van der Waals surface area contributed by atoms with Crippen LogP contribution >= 0.6 is 0 Å². The van der Waals surface area contributed by atoms with Gasteiger partial charge in [-0.05, 0) is 13.0 Å². The molecule has 0 aliphatic carbocycles. The largest absolute Gasteiger partial charge is 0.348 e. The molecule has 1 heterocycles. The van der Waals surface area contributed by atoms with Crippen LogP contribution in [0.5, 0.6) is 0 Å². The van der Waals surface area contributed by atoms with Crippen molar-refractivity contribution in [3.05, 3.63) is 11.6 Å². The van der Waals surface area contributed by atoms with Gasteiger partial charge in [-0.15, -0.1) is 0 Å². The first kappa shape index (κ1) is 6.01. The molecule has 1 aliphatic rings. The summed E-state index contributed by atoms with van der Waals surface area (Å²) in [6, 6.07) is 0. The lowest BCUT2D eigenvalue weighted by atomic mass is 10.2. The fourth-order valence-electron chi connectivity index (χ4n) is 0.737. The summed E-state index contributed by atoms with van der Waals surface area (Å²) in [6.45, 7) is 1.88. The summed E-state index contributed by atoms with van der Waals surface area (Å²) in [6.07, 6.45) is 1.60. The van der Waals surface area contributed by atoms with Crippen molar-refractivity contribution in [1.29, 1.82) is 0 Å². The Balaban J connectivity index is 2.80. The Kier molecular flexibility index (Phi) is 1.34. The van der Waals surface area contributed by atoms with Crippen LogP contribution in [0.3, 0.4) is 0 Å². The molecule has 0 saturated carbocycles. The average molecular weight is 125 g/mol. The Morgan fingerprint density at radius 1 is 1.78 bits per heavy atom. The number of hydrogen-bond donors (Lipinski definition) is 1. The van der Waals surface area contributed by atoms with Gasteiger partial charge in [0.1, 0.15) is 0 Å². The topological polar surface area (TPSA) is 46.2 Å². The second-order valence-electron chi connectivity index (χ2n) is 1.88. The first-order valence-corrected chi connectivity index (χ1v) is 2.71. The van der Waals surface area contributed by atoms with Gasteiger partial charge in [-0.25, -0.2) is 0 Å². The molecule has 1 rings (SSSR count). The van der Waals surface area contributed by atoms with E-state index in [1.807, 2.05) is 0 Å². The number of Topliss-reactive ketones (excluding diaryl/α,β-unsaturated/α-hetero) is 1. The number of hydrogen-bond acceptors (Lipinski definition) is 2. The Hall–Kier alpha value is -1.12. The minimum Gasteiger partial charge on any atom is -0.348 e. The van der Waals surface area contributed by atoms with Crippen molar-refractivity contribution in [2.24, 2.45) is 0 Å². The van der Waals surface area contributed by atoms with Gasteiger partial charge in [0.2, 0.25) is 0 Å². The third-order valence-electron chi connectivity index (χ3n) is 1.19. The molecule has 1 aliphatic heterocycles. The lowest BCUT2D eigenvalue weighted by molar-refractivity contribution is -0.120. The van der Waals surface area contributed by atoms with E-state index in [1.54, 1.807) is 6.08 Å². The Morgan fingerprint density at radius 2 is 2.44 bits per heavy atom. The standard InChI is InChI=1S/C6H7NO2/c1-4(8)5-2-3-7-6(5)9/h2H,3H2,1H3,(H,7,9). The summed E-state index contributed by atoms with van der Waals surface area (Å²) in [4.78, 5) is 21.1. The molecule has 0 aromatic carbocycles. The third kappa shape index (κ3) is 0.988. The molecule has 0 unspecified atom stereocenters. The number of rotatable bonds is 1. The third-order valence-corrected chi connectivity index (χ3v) is 1.19. The van der Waals surface area contributed by atoms with Crippen molar-refractivity contribution < 1.29 is 9.59 Å². The molecule has 48 valence electrons. The van der Waals surface area contributed by atoms with Crippen molar-refractivity contribution in [3.63, 3.8) is 0 Å². The van der Waals surface area contributed by atoms with E-state index >= 15 is 0 Å². The van der Waals surface area contributed by atoms with Crippen molar-refractivity contribution >= 4 is 11.7 Å². The molecule has 3 nitrogen and oxygen atoms in total. The van der Waals surface area contributed by atoms with E-state index in [1.165, 1.54) is 6.92 Å². The van der Waals surface area contributed by atoms with Crippen LogP contribution in [0, 0.1) is 0 Å². The van der Waals surface area contributed by atoms with Crippen molar-refractivity contribution in [3.8, 4) is 0 Å². The SMILES string of the molecule is CC(=O)C1=CCNC1=O. The molecule has 0 bridgehead atoms. The van der Waals surface area contributed by atoms with Crippen molar-refractivity contribution in [2.45, 2.75) is 6.92 Å². The Labute approximate surface area is 52.7 Å². The highest BCUT2D eigenvalue weighted by Gasteiger charge is 2.17. The van der Waals surface area contributed by atoms with Gasteiger partial charge in [0.25, 0.3) is 5.91 Å². The summed E-state index contributed by atoms with van der Waals surface area (Å²) in [5.74, 6) is -0.410.